The lowest BCUT2D eigenvalue weighted by Crippen LogP contribution is -2.07. The third-order valence-electron chi connectivity index (χ3n) is 7.02. The second-order valence-corrected chi connectivity index (χ2v) is 10.4. The summed E-state index contributed by atoms with van der Waals surface area (Å²) in [6.45, 7) is 2.24. The van der Waals surface area contributed by atoms with E-state index in [1.807, 2.05) is 0 Å². The van der Waals surface area contributed by atoms with Crippen LogP contribution in [0.2, 0.25) is 0 Å². The van der Waals surface area contributed by atoms with E-state index in [9.17, 15) is 30.0 Å². The van der Waals surface area contributed by atoms with Gasteiger partial charge in [0.15, 0.2) is 17.3 Å². The van der Waals surface area contributed by atoms with Crippen molar-refractivity contribution in [2.45, 2.75) is 96.8 Å². The monoisotopic (exact) mass is 566 g/mol. The molecule has 41 heavy (non-hydrogen) atoms. The Morgan fingerprint density at radius 3 is 2.10 bits per heavy atom. The first-order valence-corrected chi connectivity index (χ1v) is 14.7. The number of aromatic hydroxyl groups is 4. The molecule has 0 aliphatic heterocycles. The van der Waals surface area contributed by atoms with Gasteiger partial charge in [-0.3, -0.25) is 9.59 Å². The molecule has 222 valence electrons. The maximum absolute atomic E-state index is 12.5. The summed E-state index contributed by atoms with van der Waals surface area (Å²) >= 11 is 0. The molecule has 3 aromatic rings. The zero-order chi connectivity index (χ0) is 29.6. The van der Waals surface area contributed by atoms with Gasteiger partial charge in [0.2, 0.25) is 11.2 Å². The van der Waals surface area contributed by atoms with Crippen molar-refractivity contribution in [2.75, 3.05) is 0 Å². The van der Waals surface area contributed by atoms with E-state index in [1.165, 1.54) is 63.1 Å². The van der Waals surface area contributed by atoms with Gasteiger partial charge >= 0.3 is 5.97 Å². The highest BCUT2D eigenvalue weighted by atomic mass is 16.5. The third-order valence-corrected chi connectivity index (χ3v) is 7.02. The molecule has 0 saturated heterocycles. The number of esters is 1. The van der Waals surface area contributed by atoms with Gasteiger partial charge in [0.25, 0.3) is 0 Å². The number of phenolic OH excluding ortho intramolecular Hbond substituents is 3. The Kier molecular flexibility index (Phi) is 12.6. The largest absolute Gasteiger partial charge is 0.508 e. The van der Waals surface area contributed by atoms with Crippen LogP contribution in [0.4, 0.5) is 0 Å². The molecule has 1 heterocycles. The molecule has 0 spiro atoms. The van der Waals surface area contributed by atoms with Gasteiger partial charge in [0.1, 0.15) is 22.5 Å². The lowest BCUT2D eigenvalue weighted by Gasteiger charge is -2.10. The van der Waals surface area contributed by atoms with Crippen molar-refractivity contribution in [1.29, 1.82) is 0 Å². The molecule has 2 aromatic carbocycles. The van der Waals surface area contributed by atoms with Crippen LogP contribution in [0.5, 0.6) is 28.7 Å². The summed E-state index contributed by atoms with van der Waals surface area (Å²) in [5.41, 5.74) is -0.900. The number of hydrogen-bond donors (Lipinski definition) is 4. The average Bonchev–Trinajstić information content (AvgIpc) is 2.93. The molecule has 8 nitrogen and oxygen atoms in total. The van der Waals surface area contributed by atoms with E-state index < -0.39 is 22.9 Å². The lowest BCUT2D eigenvalue weighted by atomic mass is 10.1. The molecule has 0 aliphatic rings. The quantitative estimate of drug-likeness (QED) is 0.0555. The van der Waals surface area contributed by atoms with Gasteiger partial charge in [-0.05, 0) is 50.3 Å². The predicted molar refractivity (Wildman–Crippen MR) is 160 cm³/mol. The molecule has 4 N–H and O–H groups in total. The number of hydrogen-bond acceptors (Lipinski definition) is 8. The molecular formula is C33H42O8. The van der Waals surface area contributed by atoms with Gasteiger partial charge in [-0.1, -0.05) is 70.4 Å². The molecule has 0 atom stereocenters. The van der Waals surface area contributed by atoms with E-state index in [0.29, 0.717) is 6.42 Å². The molecule has 0 radical (unpaired) electrons. The molecule has 0 saturated carbocycles. The molecule has 0 aliphatic carbocycles. The smallest absolute Gasteiger partial charge is 0.311 e. The minimum Gasteiger partial charge on any atom is -0.508 e. The second-order valence-electron chi connectivity index (χ2n) is 10.4. The number of benzene rings is 2. The maximum Gasteiger partial charge on any atom is 0.311 e. The van der Waals surface area contributed by atoms with Crippen LogP contribution < -0.4 is 10.2 Å². The van der Waals surface area contributed by atoms with Gasteiger partial charge in [-0.2, -0.15) is 0 Å². The van der Waals surface area contributed by atoms with E-state index in [2.05, 4.69) is 19.1 Å². The molecule has 8 heteroatoms. The number of rotatable bonds is 17. The number of phenols is 3. The van der Waals surface area contributed by atoms with Crippen LogP contribution in [0.15, 0.2) is 51.7 Å². The zero-order valence-corrected chi connectivity index (χ0v) is 23.9. The first kappa shape index (κ1) is 31.6. The highest BCUT2D eigenvalue weighted by molar-refractivity contribution is 5.88. The second kappa shape index (κ2) is 16.4. The van der Waals surface area contributed by atoms with E-state index in [4.69, 9.17) is 9.15 Å². The predicted octanol–water partition coefficient (Wildman–Crippen LogP) is 8.23. The molecule has 0 unspecified atom stereocenters. The van der Waals surface area contributed by atoms with Gasteiger partial charge in [-0.15, -0.1) is 0 Å². The molecular weight excluding hydrogens is 524 g/mol. The minimum atomic E-state index is -0.895. The summed E-state index contributed by atoms with van der Waals surface area (Å²) in [4.78, 5) is 24.8. The lowest BCUT2D eigenvalue weighted by molar-refractivity contribution is -0.134. The summed E-state index contributed by atoms with van der Waals surface area (Å²) in [7, 11) is 0. The Hall–Kier alpha value is -3.94. The van der Waals surface area contributed by atoms with Crippen molar-refractivity contribution in [3.8, 4) is 40.1 Å². The first-order chi connectivity index (χ1) is 19.8. The molecule has 3 rings (SSSR count). The van der Waals surface area contributed by atoms with Gasteiger partial charge < -0.3 is 29.6 Å². The standard InChI is InChI=1S/C33H42O8/c1-2-3-4-5-6-7-8-9-10-11-12-13-14-15-16-17-29(37)40-27-19-18-23(20-25(27)35)33-32(39)31(38)30-26(36)21-24(34)22-28(30)41-33/h9-10,18-22,34-36,39H,2-8,11-17H2,1H3/b10-9-. The Labute approximate surface area is 240 Å². The van der Waals surface area contributed by atoms with Crippen LogP contribution in [0, 0.1) is 0 Å². The Morgan fingerprint density at radius 1 is 0.805 bits per heavy atom. The summed E-state index contributed by atoms with van der Waals surface area (Å²) in [5, 5.41) is 40.1. The first-order valence-electron chi connectivity index (χ1n) is 14.7. The van der Waals surface area contributed by atoms with Gasteiger partial charge in [0.05, 0.1) is 0 Å². The summed E-state index contributed by atoms with van der Waals surface area (Å²) in [6, 6.07) is 6.04. The molecule has 0 fully saturated rings. The summed E-state index contributed by atoms with van der Waals surface area (Å²) in [5.74, 6) is -2.79. The van der Waals surface area contributed by atoms with Crippen LogP contribution >= 0.6 is 0 Å². The van der Waals surface area contributed by atoms with Crippen molar-refractivity contribution in [1.82, 2.24) is 0 Å². The topological polar surface area (TPSA) is 137 Å². The fraction of sp³-hybridized carbons (Fsp3) is 0.455. The normalized spacial score (nSPS) is 11.4. The number of carbonyl (C=O) groups is 1. The number of unbranched alkanes of at least 4 members (excludes halogenated alkanes) is 11. The highest BCUT2D eigenvalue weighted by Gasteiger charge is 2.20. The Bertz CT molecular complexity index is 1370. The van der Waals surface area contributed by atoms with Gasteiger partial charge in [-0.25, -0.2) is 0 Å². The van der Waals surface area contributed by atoms with Gasteiger partial charge in [0, 0.05) is 24.1 Å². The number of allylic oxidation sites excluding steroid dienone is 2. The molecule has 0 bridgehead atoms. The van der Waals surface area contributed by atoms with Crippen molar-refractivity contribution >= 4 is 16.9 Å². The van der Waals surface area contributed by atoms with Crippen molar-refractivity contribution < 1.29 is 34.4 Å². The summed E-state index contributed by atoms with van der Waals surface area (Å²) in [6.07, 6.45) is 20.0. The van der Waals surface area contributed by atoms with Crippen molar-refractivity contribution in [2.24, 2.45) is 0 Å². The summed E-state index contributed by atoms with van der Waals surface area (Å²) < 4.78 is 10.8. The number of fused-ring (bicyclic) bond motifs is 1. The Balaban J connectivity index is 1.39. The van der Waals surface area contributed by atoms with Crippen LogP contribution in [-0.2, 0) is 4.79 Å². The van der Waals surface area contributed by atoms with Crippen LogP contribution in [0.1, 0.15) is 96.8 Å². The molecule has 0 amide bonds. The Morgan fingerprint density at radius 2 is 1.44 bits per heavy atom. The fourth-order valence-corrected chi connectivity index (χ4v) is 4.73. The van der Waals surface area contributed by atoms with Crippen molar-refractivity contribution in [3.05, 3.63) is 52.7 Å². The van der Waals surface area contributed by atoms with Crippen LogP contribution in [0.3, 0.4) is 0 Å². The fourth-order valence-electron chi connectivity index (χ4n) is 4.73. The number of carbonyl (C=O) groups excluding carboxylic acids is 1. The zero-order valence-electron chi connectivity index (χ0n) is 23.9. The van der Waals surface area contributed by atoms with Crippen LogP contribution in [0.25, 0.3) is 22.3 Å². The highest BCUT2D eigenvalue weighted by Crippen LogP contribution is 2.38. The SMILES string of the molecule is CCCCCCCC/C=C\CCCCCCCC(=O)Oc1ccc(-c2oc3cc(O)cc(O)c3c(=O)c2O)cc1O. The maximum atomic E-state index is 12.5. The van der Waals surface area contributed by atoms with E-state index in [1.54, 1.807) is 0 Å². The van der Waals surface area contributed by atoms with E-state index in [-0.39, 0.29) is 46.0 Å². The van der Waals surface area contributed by atoms with Crippen LogP contribution in [-0.4, -0.2) is 26.4 Å². The minimum absolute atomic E-state index is 0.0515. The van der Waals surface area contributed by atoms with Crippen molar-refractivity contribution in [3.63, 3.8) is 0 Å². The molecule has 1 aromatic heterocycles. The third kappa shape index (κ3) is 9.59. The van der Waals surface area contributed by atoms with E-state index in [0.717, 1.165) is 44.2 Å². The average molecular weight is 567 g/mol. The number of ether oxygens (including phenoxy) is 1. The van der Waals surface area contributed by atoms with E-state index >= 15 is 0 Å².